The van der Waals surface area contributed by atoms with E-state index >= 15 is 0 Å². The van der Waals surface area contributed by atoms with Crippen molar-refractivity contribution in [2.75, 3.05) is 33.9 Å². The van der Waals surface area contributed by atoms with Gasteiger partial charge in [0, 0.05) is 12.6 Å². The van der Waals surface area contributed by atoms with Crippen molar-refractivity contribution in [2.24, 2.45) is 0 Å². The molecule has 1 N–H and O–H groups in total. The Morgan fingerprint density at radius 1 is 1.12 bits per heavy atom. The number of rotatable bonds is 7. The van der Waals surface area contributed by atoms with Gasteiger partial charge in [0.2, 0.25) is 15.9 Å². The van der Waals surface area contributed by atoms with E-state index in [1.165, 1.54) is 36.7 Å². The topological polar surface area (TPSA) is 103 Å². The predicted molar refractivity (Wildman–Crippen MR) is 116 cm³/mol. The number of benzene rings is 2. The van der Waals surface area contributed by atoms with E-state index in [0.29, 0.717) is 42.4 Å². The zero-order valence-corrected chi connectivity index (χ0v) is 18.8. The second-order valence-electron chi connectivity index (χ2n) is 7.53. The molecule has 2 aromatic rings. The first-order valence-corrected chi connectivity index (χ1v) is 11.8. The van der Waals surface area contributed by atoms with Crippen LogP contribution in [0.2, 0.25) is 0 Å². The van der Waals surface area contributed by atoms with Crippen LogP contribution in [0, 0.1) is 0 Å². The molecule has 0 saturated carbocycles. The van der Waals surface area contributed by atoms with Crippen molar-refractivity contribution >= 4 is 15.9 Å². The number of para-hydroxylation sites is 2. The second-order valence-corrected chi connectivity index (χ2v) is 9.42. The number of ether oxygens (including phenoxy) is 4. The van der Waals surface area contributed by atoms with Gasteiger partial charge in [-0.1, -0.05) is 12.1 Å². The van der Waals surface area contributed by atoms with Gasteiger partial charge in [0.1, 0.15) is 18.8 Å². The average Bonchev–Trinajstić information content (AvgIpc) is 3.33. The molecule has 32 heavy (non-hydrogen) atoms. The Bertz CT molecular complexity index is 1090. The van der Waals surface area contributed by atoms with Gasteiger partial charge >= 0.3 is 0 Å². The lowest BCUT2D eigenvalue weighted by atomic mass is 10.2. The van der Waals surface area contributed by atoms with Crippen LogP contribution in [0.4, 0.5) is 0 Å². The summed E-state index contributed by atoms with van der Waals surface area (Å²) in [5.41, 5.74) is 0. The summed E-state index contributed by atoms with van der Waals surface area (Å²) in [7, 11) is -0.974. The lowest BCUT2D eigenvalue weighted by Gasteiger charge is -2.28. The van der Waals surface area contributed by atoms with Gasteiger partial charge in [0.25, 0.3) is 0 Å². The minimum atomic E-state index is -3.89. The van der Waals surface area contributed by atoms with Crippen LogP contribution in [0.1, 0.15) is 12.8 Å². The summed E-state index contributed by atoms with van der Waals surface area (Å²) >= 11 is 0. The number of fused-ring (bicyclic) bond motifs is 1. The molecule has 2 aliphatic heterocycles. The average molecular weight is 463 g/mol. The van der Waals surface area contributed by atoms with Crippen LogP contribution in [0.25, 0.3) is 0 Å². The molecular weight excluding hydrogens is 436 g/mol. The van der Waals surface area contributed by atoms with Gasteiger partial charge in [-0.05, 0) is 37.1 Å². The number of nitrogens with zero attached hydrogens (tertiary/aromatic N) is 1. The molecule has 1 saturated heterocycles. The molecule has 4 rings (SSSR count). The molecule has 0 radical (unpaired) electrons. The SMILES string of the molecule is COc1ccc(S(=O)(=O)N2CCCC2C(=O)NCC2COc3ccccc3O2)cc1OC. The van der Waals surface area contributed by atoms with Crippen molar-refractivity contribution in [3.63, 3.8) is 0 Å². The van der Waals surface area contributed by atoms with Crippen LogP contribution in [0.15, 0.2) is 47.4 Å². The summed E-state index contributed by atoms with van der Waals surface area (Å²) in [6.45, 7) is 0.786. The molecule has 2 aliphatic rings. The van der Waals surface area contributed by atoms with E-state index in [1.54, 1.807) is 6.07 Å². The number of methoxy groups -OCH3 is 2. The number of amides is 1. The molecule has 2 atom stereocenters. The Morgan fingerprint density at radius 3 is 2.62 bits per heavy atom. The summed E-state index contributed by atoms with van der Waals surface area (Å²) in [6.07, 6.45) is 0.690. The minimum absolute atomic E-state index is 0.0514. The molecule has 0 bridgehead atoms. The van der Waals surface area contributed by atoms with E-state index in [4.69, 9.17) is 18.9 Å². The summed E-state index contributed by atoms with van der Waals surface area (Å²) in [5, 5.41) is 2.82. The maximum Gasteiger partial charge on any atom is 0.243 e. The van der Waals surface area contributed by atoms with Crippen molar-refractivity contribution < 1.29 is 32.2 Å². The van der Waals surface area contributed by atoms with Gasteiger partial charge in [0.05, 0.1) is 25.7 Å². The summed E-state index contributed by atoms with van der Waals surface area (Å²) in [5.74, 6) is 1.67. The van der Waals surface area contributed by atoms with Crippen LogP contribution in [-0.2, 0) is 14.8 Å². The maximum absolute atomic E-state index is 13.3. The van der Waals surface area contributed by atoms with E-state index in [2.05, 4.69) is 5.32 Å². The Balaban J connectivity index is 1.43. The maximum atomic E-state index is 13.3. The van der Waals surface area contributed by atoms with E-state index in [1.807, 2.05) is 18.2 Å². The summed E-state index contributed by atoms with van der Waals surface area (Å²) in [6, 6.07) is 10.9. The van der Waals surface area contributed by atoms with E-state index in [0.717, 1.165) is 0 Å². The smallest absolute Gasteiger partial charge is 0.243 e. The fourth-order valence-corrected chi connectivity index (χ4v) is 5.57. The van der Waals surface area contributed by atoms with Crippen molar-refractivity contribution in [2.45, 2.75) is 29.9 Å². The fourth-order valence-electron chi connectivity index (χ4n) is 3.90. The molecule has 2 aromatic carbocycles. The standard InChI is InChI=1S/C22H26N2O7S/c1-28-18-10-9-16(12-21(18)29-2)32(26,27)24-11-5-6-17(24)22(25)23-13-15-14-30-19-7-3-4-8-20(19)31-15/h3-4,7-10,12,15,17H,5-6,11,13-14H2,1-2H3,(H,23,25). The normalized spacial score (nSPS) is 20.6. The highest BCUT2D eigenvalue weighted by atomic mass is 32.2. The molecule has 10 heteroatoms. The van der Waals surface area contributed by atoms with Crippen LogP contribution in [-0.4, -0.2) is 64.7 Å². The van der Waals surface area contributed by atoms with E-state index in [-0.39, 0.29) is 30.0 Å². The van der Waals surface area contributed by atoms with Gasteiger partial charge in [-0.3, -0.25) is 4.79 Å². The molecule has 2 unspecified atom stereocenters. The first kappa shape index (κ1) is 22.2. The lowest BCUT2D eigenvalue weighted by molar-refractivity contribution is -0.124. The van der Waals surface area contributed by atoms with Gasteiger partial charge < -0.3 is 24.3 Å². The highest BCUT2D eigenvalue weighted by molar-refractivity contribution is 7.89. The molecular formula is C22H26N2O7S. The Kier molecular flexibility index (Phi) is 6.43. The monoisotopic (exact) mass is 462 g/mol. The first-order valence-electron chi connectivity index (χ1n) is 10.3. The molecule has 1 amide bonds. The highest BCUT2D eigenvalue weighted by Crippen LogP contribution is 2.33. The lowest BCUT2D eigenvalue weighted by Crippen LogP contribution is -2.49. The van der Waals surface area contributed by atoms with Crippen molar-refractivity contribution in [1.82, 2.24) is 9.62 Å². The fraction of sp³-hybridized carbons (Fsp3) is 0.409. The van der Waals surface area contributed by atoms with Crippen molar-refractivity contribution in [3.05, 3.63) is 42.5 Å². The third kappa shape index (κ3) is 4.33. The predicted octanol–water partition coefficient (Wildman–Crippen LogP) is 1.81. The Hall–Kier alpha value is -2.98. The number of sulfonamides is 1. The molecule has 9 nitrogen and oxygen atoms in total. The third-order valence-electron chi connectivity index (χ3n) is 5.54. The number of carbonyl (C=O) groups is 1. The molecule has 0 aliphatic carbocycles. The first-order chi connectivity index (χ1) is 15.4. The zero-order valence-electron chi connectivity index (χ0n) is 17.9. The molecule has 172 valence electrons. The second kappa shape index (κ2) is 9.25. The van der Waals surface area contributed by atoms with Crippen LogP contribution < -0.4 is 24.3 Å². The van der Waals surface area contributed by atoms with Gasteiger partial charge in [0.15, 0.2) is 23.0 Å². The Labute approximate surface area is 187 Å². The molecule has 0 aromatic heterocycles. The van der Waals surface area contributed by atoms with Crippen LogP contribution in [0.5, 0.6) is 23.0 Å². The van der Waals surface area contributed by atoms with E-state index < -0.39 is 16.1 Å². The van der Waals surface area contributed by atoms with Crippen molar-refractivity contribution in [3.8, 4) is 23.0 Å². The van der Waals surface area contributed by atoms with Gasteiger partial charge in [-0.2, -0.15) is 4.31 Å². The molecule has 0 spiro atoms. The Morgan fingerprint density at radius 2 is 1.88 bits per heavy atom. The van der Waals surface area contributed by atoms with Crippen LogP contribution in [0.3, 0.4) is 0 Å². The third-order valence-corrected chi connectivity index (χ3v) is 7.44. The van der Waals surface area contributed by atoms with Gasteiger partial charge in [-0.15, -0.1) is 0 Å². The number of carbonyl (C=O) groups excluding carboxylic acids is 1. The summed E-state index contributed by atoms with van der Waals surface area (Å²) < 4.78 is 49.7. The quantitative estimate of drug-likeness (QED) is 0.669. The molecule has 2 heterocycles. The minimum Gasteiger partial charge on any atom is -0.493 e. The largest absolute Gasteiger partial charge is 0.493 e. The molecule has 1 fully saturated rings. The van der Waals surface area contributed by atoms with Crippen LogP contribution >= 0.6 is 0 Å². The number of hydrogen-bond acceptors (Lipinski definition) is 7. The number of nitrogens with one attached hydrogen (secondary N) is 1. The summed E-state index contributed by atoms with van der Waals surface area (Å²) in [4.78, 5) is 12.9. The highest BCUT2D eigenvalue weighted by Gasteiger charge is 2.40. The van der Waals surface area contributed by atoms with Gasteiger partial charge in [-0.25, -0.2) is 8.42 Å². The van der Waals surface area contributed by atoms with E-state index in [9.17, 15) is 13.2 Å². The number of hydrogen-bond donors (Lipinski definition) is 1. The van der Waals surface area contributed by atoms with Crippen molar-refractivity contribution in [1.29, 1.82) is 0 Å². The zero-order chi connectivity index (χ0) is 22.7.